The predicted octanol–water partition coefficient (Wildman–Crippen LogP) is 5.18. The highest BCUT2D eigenvalue weighted by Gasteiger charge is 2.09. The summed E-state index contributed by atoms with van der Waals surface area (Å²) in [5.41, 5.74) is 1.80. The summed E-state index contributed by atoms with van der Waals surface area (Å²) in [5.74, 6) is 0.755. The van der Waals surface area contributed by atoms with Crippen LogP contribution in [-0.4, -0.2) is 5.97 Å². The standard InChI is InChI=1S/C17H17BrO2/c1-3-12(2)13-6-10-16(11-7-13)20-17(19)14-4-8-15(18)9-5-14/h4-12H,3H2,1-2H3. The molecule has 1 atom stereocenters. The van der Waals surface area contributed by atoms with Crippen LogP contribution in [0.5, 0.6) is 5.75 Å². The molecule has 0 aromatic heterocycles. The molecule has 0 aliphatic heterocycles. The van der Waals surface area contributed by atoms with Crippen molar-refractivity contribution in [1.82, 2.24) is 0 Å². The molecule has 0 amide bonds. The Morgan fingerprint density at radius 2 is 1.70 bits per heavy atom. The van der Waals surface area contributed by atoms with E-state index in [0.717, 1.165) is 10.9 Å². The zero-order chi connectivity index (χ0) is 14.5. The minimum Gasteiger partial charge on any atom is -0.423 e. The molecule has 2 aromatic rings. The highest BCUT2D eigenvalue weighted by molar-refractivity contribution is 9.10. The van der Waals surface area contributed by atoms with Crippen molar-refractivity contribution in [2.75, 3.05) is 0 Å². The fourth-order valence-corrected chi connectivity index (χ4v) is 2.12. The summed E-state index contributed by atoms with van der Waals surface area (Å²) in [5, 5.41) is 0. The molecule has 0 saturated heterocycles. The molecule has 2 aromatic carbocycles. The largest absolute Gasteiger partial charge is 0.423 e. The van der Waals surface area contributed by atoms with Crippen molar-refractivity contribution in [1.29, 1.82) is 0 Å². The molecule has 3 heteroatoms. The van der Waals surface area contributed by atoms with E-state index in [1.54, 1.807) is 12.1 Å². The van der Waals surface area contributed by atoms with Crippen molar-refractivity contribution >= 4 is 21.9 Å². The number of hydrogen-bond donors (Lipinski definition) is 0. The first-order valence-corrected chi connectivity index (χ1v) is 7.47. The number of esters is 1. The second kappa shape index (κ2) is 6.71. The molecular formula is C17H17BrO2. The van der Waals surface area contributed by atoms with Gasteiger partial charge in [-0.3, -0.25) is 0 Å². The zero-order valence-corrected chi connectivity index (χ0v) is 13.2. The van der Waals surface area contributed by atoms with Gasteiger partial charge in [0, 0.05) is 4.47 Å². The van der Waals surface area contributed by atoms with Gasteiger partial charge < -0.3 is 4.74 Å². The van der Waals surface area contributed by atoms with Crippen LogP contribution in [0.4, 0.5) is 0 Å². The summed E-state index contributed by atoms with van der Waals surface area (Å²) in [6, 6.07) is 14.8. The Morgan fingerprint density at radius 1 is 1.10 bits per heavy atom. The normalized spacial score (nSPS) is 11.9. The molecule has 0 saturated carbocycles. The Labute approximate surface area is 127 Å². The first kappa shape index (κ1) is 14.8. The van der Waals surface area contributed by atoms with Crippen LogP contribution in [0.25, 0.3) is 0 Å². The molecule has 0 spiro atoms. The van der Waals surface area contributed by atoms with Gasteiger partial charge in [0.25, 0.3) is 0 Å². The summed E-state index contributed by atoms with van der Waals surface area (Å²) in [7, 11) is 0. The smallest absolute Gasteiger partial charge is 0.343 e. The highest BCUT2D eigenvalue weighted by atomic mass is 79.9. The Bertz CT molecular complexity index is 573. The molecular weight excluding hydrogens is 316 g/mol. The summed E-state index contributed by atoms with van der Waals surface area (Å²) in [6.07, 6.45) is 1.10. The van der Waals surface area contributed by atoms with E-state index in [1.165, 1.54) is 5.56 Å². The Morgan fingerprint density at radius 3 is 2.25 bits per heavy atom. The van der Waals surface area contributed by atoms with E-state index in [2.05, 4.69) is 29.8 Å². The SMILES string of the molecule is CCC(C)c1ccc(OC(=O)c2ccc(Br)cc2)cc1. The molecule has 0 heterocycles. The molecule has 0 fully saturated rings. The third-order valence-electron chi connectivity index (χ3n) is 3.35. The number of hydrogen-bond acceptors (Lipinski definition) is 2. The van der Waals surface area contributed by atoms with Gasteiger partial charge >= 0.3 is 5.97 Å². The quantitative estimate of drug-likeness (QED) is 0.569. The van der Waals surface area contributed by atoms with Gasteiger partial charge in [-0.1, -0.05) is 41.9 Å². The molecule has 0 radical (unpaired) electrons. The van der Waals surface area contributed by atoms with Gasteiger partial charge in [0.2, 0.25) is 0 Å². The number of benzene rings is 2. The lowest BCUT2D eigenvalue weighted by Gasteiger charge is -2.10. The summed E-state index contributed by atoms with van der Waals surface area (Å²) < 4.78 is 6.29. The maximum Gasteiger partial charge on any atom is 0.343 e. The topological polar surface area (TPSA) is 26.3 Å². The molecule has 0 bridgehead atoms. The summed E-state index contributed by atoms with van der Waals surface area (Å²) in [4.78, 5) is 12.0. The molecule has 0 aliphatic carbocycles. The number of rotatable bonds is 4. The van der Waals surface area contributed by atoms with Crippen LogP contribution in [0.2, 0.25) is 0 Å². The van der Waals surface area contributed by atoms with E-state index in [9.17, 15) is 4.79 Å². The minimum absolute atomic E-state index is 0.339. The maximum absolute atomic E-state index is 12.0. The van der Waals surface area contributed by atoms with E-state index in [-0.39, 0.29) is 5.97 Å². The van der Waals surface area contributed by atoms with Crippen LogP contribution in [0.1, 0.15) is 42.1 Å². The third kappa shape index (κ3) is 3.70. The molecule has 104 valence electrons. The van der Waals surface area contributed by atoms with Gasteiger partial charge in [0.1, 0.15) is 5.75 Å². The van der Waals surface area contributed by atoms with Gasteiger partial charge in [-0.2, -0.15) is 0 Å². The van der Waals surface area contributed by atoms with Crippen molar-refractivity contribution in [3.05, 3.63) is 64.1 Å². The Kier molecular flexibility index (Phi) is 4.96. The average molecular weight is 333 g/mol. The molecule has 2 rings (SSSR count). The predicted molar refractivity (Wildman–Crippen MR) is 84.2 cm³/mol. The lowest BCUT2D eigenvalue weighted by Crippen LogP contribution is -2.08. The Hall–Kier alpha value is -1.61. The monoisotopic (exact) mass is 332 g/mol. The van der Waals surface area contributed by atoms with E-state index < -0.39 is 0 Å². The highest BCUT2D eigenvalue weighted by Crippen LogP contribution is 2.22. The number of ether oxygens (including phenoxy) is 1. The first-order valence-electron chi connectivity index (χ1n) is 6.68. The van der Waals surface area contributed by atoms with E-state index in [1.807, 2.05) is 36.4 Å². The van der Waals surface area contributed by atoms with Crippen LogP contribution < -0.4 is 4.74 Å². The zero-order valence-electron chi connectivity index (χ0n) is 11.6. The van der Waals surface area contributed by atoms with E-state index in [4.69, 9.17) is 4.74 Å². The van der Waals surface area contributed by atoms with Gasteiger partial charge in [0.15, 0.2) is 0 Å². The number of halogens is 1. The molecule has 2 nitrogen and oxygen atoms in total. The van der Waals surface area contributed by atoms with Crippen molar-refractivity contribution in [2.45, 2.75) is 26.2 Å². The summed E-state index contributed by atoms with van der Waals surface area (Å²) in [6.45, 7) is 4.34. The van der Waals surface area contributed by atoms with Crippen molar-refractivity contribution in [3.8, 4) is 5.75 Å². The van der Waals surface area contributed by atoms with Crippen LogP contribution in [0, 0.1) is 0 Å². The van der Waals surface area contributed by atoms with E-state index in [0.29, 0.717) is 17.2 Å². The van der Waals surface area contributed by atoms with Crippen molar-refractivity contribution in [2.24, 2.45) is 0 Å². The number of carbonyl (C=O) groups is 1. The first-order chi connectivity index (χ1) is 9.60. The van der Waals surface area contributed by atoms with Crippen LogP contribution in [0.3, 0.4) is 0 Å². The van der Waals surface area contributed by atoms with Gasteiger partial charge in [-0.15, -0.1) is 0 Å². The van der Waals surface area contributed by atoms with Gasteiger partial charge in [-0.25, -0.2) is 4.79 Å². The third-order valence-corrected chi connectivity index (χ3v) is 3.88. The minimum atomic E-state index is -0.339. The lowest BCUT2D eigenvalue weighted by molar-refractivity contribution is 0.0734. The van der Waals surface area contributed by atoms with Gasteiger partial charge in [0.05, 0.1) is 5.56 Å². The Balaban J connectivity index is 2.06. The molecule has 20 heavy (non-hydrogen) atoms. The molecule has 0 aliphatic rings. The maximum atomic E-state index is 12.0. The molecule has 1 unspecified atom stereocenters. The van der Waals surface area contributed by atoms with E-state index >= 15 is 0 Å². The lowest BCUT2D eigenvalue weighted by atomic mass is 9.99. The second-order valence-corrected chi connectivity index (χ2v) is 5.69. The second-order valence-electron chi connectivity index (χ2n) is 4.77. The summed E-state index contributed by atoms with van der Waals surface area (Å²) >= 11 is 3.34. The number of carbonyl (C=O) groups excluding carboxylic acids is 1. The van der Waals surface area contributed by atoms with Crippen molar-refractivity contribution < 1.29 is 9.53 Å². The van der Waals surface area contributed by atoms with Crippen molar-refractivity contribution in [3.63, 3.8) is 0 Å². The van der Waals surface area contributed by atoms with Crippen LogP contribution in [-0.2, 0) is 0 Å². The van der Waals surface area contributed by atoms with Crippen LogP contribution >= 0.6 is 15.9 Å². The fourth-order valence-electron chi connectivity index (χ4n) is 1.85. The average Bonchev–Trinajstić information content (AvgIpc) is 2.48. The van der Waals surface area contributed by atoms with Crippen LogP contribution in [0.15, 0.2) is 53.0 Å². The fraction of sp³-hybridized carbons (Fsp3) is 0.235. The van der Waals surface area contributed by atoms with Gasteiger partial charge in [-0.05, 0) is 54.3 Å². The molecule has 0 N–H and O–H groups in total.